The monoisotopic (exact) mass is 285 g/mol. The van der Waals surface area contributed by atoms with Crippen LogP contribution >= 0.6 is 15.9 Å². The van der Waals surface area contributed by atoms with E-state index in [0.29, 0.717) is 12.0 Å². The number of pyridine rings is 1. The molecule has 1 aromatic rings. The topological polar surface area (TPSA) is 31.4 Å². The van der Waals surface area contributed by atoms with Crippen LogP contribution in [-0.4, -0.2) is 16.7 Å². The molecule has 0 amide bonds. The minimum Gasteiger partial charge on any atom is -0.488 e. The first-order chi connectivity index (χ1) is 7.44. The molecule has 0 bridgehead atoms. The van der Waals surface area contributed by atoms with Crippen molar-refractivity contribution >= 4 is 15.9 Å². The third-order valence-corrected chi connectivity index (χ3v) is 2.64. The number of halogens is 1. The van der Waals surface area contributed by atoms with Crippen molar-refractivity contribution < 1.29 is 9.47 Å². The average molecular weight is 286 g/mol. The molecule has 0 aromatic carbocycles. The minimum atomic E-state index is -0.231. The summed E-state index contributed by atoms with van der Waals surface area (Å²) in [5, 5.41) is 0. The third-order valence-electron chi connectivity index (χ3n) is 2.02. The molecule has 16 heavy (non-hydrogen) atoms. The van der Waals surface area contributed by atoms with Gasteiger partial charge in [-0.05, 0) is 49.5 Å². The summed E-state index contributed by atoms with van der Waals surface area (Å²) in [6.07, 6.45) is 4.38. The molecule has 0 spiro atoms. The summed E-state index contributed by atoms with van der Waals surface area (Å²) < 4.78 is 12.2. The van der Waals surface area contributed by atoms with Crippen LogP contribution in [0.3, 0.4) is 0 Å². The second kappa shape index (κ2) is 4.24. The Morgan fingerprint density at radius 2 is 2.06 bits per heavy atom. The molecule has 0 saturated heterocycles. The molecule has 1 aliphatic rings. The number of ether oxygens (including phenoxy) is 2. The third kappa shape index (κ3) is 3.37. The van der Waals surface area contributed by atoms with E-state index in [9.17, 15) is 0 Å². The van der Waals surface area contributed by atoms with E-state index < -0.39 is 0 Å². The molecule has 1 aliphatic carbocycles. The maximum atomic E-state index is 5.68. The van der Waals surface area contributed by atoms with Crippen molar-refractivity contribution in [1.82, 2.24) is 4.98 Å². The van der Waals surface area contributed by atoms with Crippen molar-refractivity contribution in [1.29, 1.82) is 0 Å². The predicted molar refractivity (Wildman–Crippen MR) is 66.0 cm³/mol. The summed E-state index contributed by atoms with van der Waals surface area (Å²) in [4.78, 5) is 4.23. The normalized spacial score (nSPS) is 16.0. The van der Waals surface area contributed by atoms with Crippen LogP contribution in [0.4, 0.5) is 0 Å². The number of nitrogens with zero attached hydrogens (tertiary/aromatic N) is 1. The van der Waals surface area contributed by atoms with Crippen LogP contribution in [0.2, 0.25) is 0 Å². The summed E-state index contributed by atoms with van der Waals surface area (Å²) in [6.45, 7) is 5.99. The SMILES string of the molecule is CC(C)(C)Oc1cc(Br)c(OC2CC2)cn1. The lowest BCUT2D eigenvalue weighted by Gasteiger charge is -2.20. The van der Waals surface area contributed by atoms with E-state index in [4.69, 9.17) is 9.47 Å². The molecule has 4 heteroatoms. The second-order valence-electron chi connectivity index (χ2n) is 4.98. The maximum absolute atomic E-state index is 5.68. The molecule has 88 valence electrons. The fourth-order valence-corrected chi connectivity index (χ4v) is 1.61. The molecule has 3 nitrogen and oxygen atoms in total. The van der Waals surface area contributed by atoms with Gasteiger partial charge < -0.3 is 9.47 Å². The van der Waals surface area contributed by atoms with Gasteiger partial charge in [-0.15, -0.1) is 0 Å². The number of hydrogen-bond acceptors (Lipinski definition) is 3. The van der Waals surface area contributed by atoms with Gasteiger partial charge in [-0.25, -0.2) is 4.98 Å². The molecule has 1 aromatic heterocycles. The number of rotatable bonds is 3. The van der Waals surface area contributed by atoms with Crippen LogP contribution < -0.4 is 9.47 Å². The van der Waals surface area contributed by atoms with Crippen LogP contribution in [0.1, 0.15) is 33.6 Å². The Balaban J connectivity index is 2.08. The zero-order valence-corrected chi connectivity index (χ0v) is 11.4. The van der Waals surface area contributed by atoms with Crippen molar-refractivity contribution in [3.05, 3.63) is 16.7 Å². The standard InChI is InChI=1S/C12H16BrNO2/c1-12(2,3)16-11-6-9(13)10(7-14-11)15-8-4-5-8/h6-8H,4-5H2,1-3H3. The summed E-state index contributed by atoms with van der Waals surface area (Å²) >= 11 is 3.47. The van der Waals surface area contributed by atoms with Gasteiger partial charge in [0.25, 0.3) is 0 Å². The van der Waals surface area contributed by atoms with Crippen LogP contribution in [-0.2, 0) is 0 Å². The van der Waals surface area contributed by atoms with Crippen LogP contribution in [0, 0.1) is 0 Å². The quantitative estimate of drug-likeness (QED) is 0.851. The van der Waals surface area contributed by atoms with Crippen LogP contribution in [0.15, 0.2) is 16.7 Å². The highest BCUT2D eigenvalue weighted by Crippen LogP contribution is 2.33. The van der Waals surface area contributed by atoms with Gasteiger partial charge in [-0.2, -0.15) is 0 Å². The van der Waals surface area contributed by atoms with Gasteiger partial charge in [0.05, 0.1) is 16.8 Å². The Morgan fingerprint density at radius 1 is 1.38 bits per heavy atom. The fourth-order valence-electron chi connectivity index (χ4n) is 1.22. The molecule has 0 unspecified atom stereocenters. The highest BCUT2D eigenvalue weighted by Gasteiger charge is 2.24. The van der Waals surface area contributed by atoms with Gasteiger partial charge in [0, 0.05) is 6.07 Å². The minimum absolute atomic E-state index is 0.231. The van der Waals surface area contributed by atoms with E-state index in [2.05, 4.69) is 20.9 Å². The first-order valence-corrected chi connectivity index (χ1v) is 6.24. The first-order valence-electron chi connectivity index (χ1n) is 5.45. The maximum Gasteiger partial charge on any atom is 0.215 e. The van der Waals surface area contributed by atoms with Crippen molar-refractivity contribution in [3.63, 3.8) is 0 Å². The average Bonchev–Trinajstić information content (AvgIpc) is 2.90. The highest BCUT2D eigenvalue weighted by atomic mass is 79.9. The fraction of sp³-hybridized carbons (Fsp3) is 0.583. The van der Waals surface area contributed by atoms with E-state index in [-0.39, 0.29) is 5.60 Å². The molecule has 1 saturated carbocycles. The largest absolute Gasteiger partial charge is 0.488 e. The predicted octanol–water partition coefficient (Wildman–Crippen LogP) is 3.56. The lowest BCUT2D eigenvalue weighted by Crippen LogP contribution is -2.23. The lowest BCUT2D eigenvalue weighted by atomic mass is 10.2. The van der Waals surface area contributed by atoms with Gasteiger partial charge in [-0.1, -0.05) is 0 Å². The highest BCUT2D eigenvalue weighted by molar-refractivity contribution is 9.10. The number of aromatic nitrogens is 1. The van der Waals surface area contributed by atoms with Crippen molar-refractivity contribution in [3.8, 4) is 11.6 Å². The Kier molecular flexibility index (Phi) is 3.10. The van der Waals surface area contributed by atoms with E-state index >= 15 is 0 Å². The van der Waals surface area contributed by atoms with E-state index in [1.807, 2.05) is 26.8 Å². The van der Waals surface area contributed by atoms with Gasteiger partial charge in [0.1, 0.15) is 5.60 Å². The lowest BCUT2D eigenvalue weighted by molar-refractivity contribution is 0.123. The smallest absolute Gasteiger partial charge is 0.215 e. The molecule has 0 atom stereocenters. The molecule has 1 heterocycles. The molecule has 2 rings (SSSR count). The van der Waals surface area contributed by atoms with Gasteiger partial charge in [0.15, 0.2) is 5.75 Å². The Labute approximate surface area is 104 Å². The van der Waals surface area contributed by atoms with Crippen molar-refractivity contribution in [2.75, 3.05) is 0 Å². The van der Waals surface area contributed by atoms with E-state index in [1.54, 1.807) is 6.20 Å². The Hall–Kier alpha value is -0.770. The molecule has 0 N–H and O–H groups in total. The molecular formula is C12H16BrNO2. The summed E-state index contributed by atoms with van der Waals surface area (Å²) in [5.41, 5.74) is -0.231. The van der Waals surface area contributed by atoms with Crippen molar-refractivity contribution in [2.24, 2.45) is 0 Å². The molecular weight excluding hydrogens is 270 g/mol. The van der Waals surface area contributed by atoms with Crippen LogP contribution in [0.5, 0.6) is 11.6 Å². The van der Waals surface area contributed by atoms with E-state index in [1.165, 1.54) is 0 Å². The van der Waals surface area contributed by atoms with Gasteiger partial charge in [-0.3, -0.25) is 0 Å². The Bertz CT molecular complexity index is 383. The molecule has 0 radical (unpaired) electrons. The number of hydrogen-bond donors (Lipinski definition) is 0. The zero-order valence-electron chi connectivity index (χ0n) is 9.79. The second-order valence-corrected chi connectivity index (χ2v) is 5.84. The van der Waals surface area contributed by atoms with Gasteiger partial charge in [0.2, 0.25) is 5.88 Å². The van der Waals surface area contributed by atoms with Gasteiger partial charge >= 0.3 is 0 Å². The summed E-state index contributed by atoms with van der Waals surface area (Å²) in [6, 6.07) is 1.85. The summed E-state index contributed by atoms with van der Waals surface area (Å²) in [5.74, 6) is 1.41. The van der Waals surface area contributed by atoms with Crippen LogP contribution in [0.25, 0.3) is 0 Å². The summed E-state index contributed by atoms with van der Waals surface area (Å²) in [7, 11) is 0. The molecule has 1 fully saturated rings. The van der Waals surface area contributed by atoms with Crippen molar-refractivity contribution in [2.45, 2.75) is 45.3 Å². The Morgan fingerprint density at radius 3 is 2.56 bits per heavy atom. The zero-order chi connectivity index (χ0) is 11.8. The first kappa shape index (κ1) is 11.7. The molecule has 0 aliphatic heterocycles. The van der Waals surface area contributed by atoms with E-state index in [0.717, 1.165) is 23.1 Å².